The van der Waals surface area contributed by atoms with Gasteiger partial charge < -0.3 is 15.1 Å². The van der Waals surface area contributed by atoms with Gasteiger partial charge in [0.15, 0.2) is 0 Å². The minimum Gasteiger partial charge on any atom is -0.406 e. The van der Waals surface area contributed by atoms with Crippen LogP contribution < -0.4 is 10.6 Å². The Bertz CT molecular complexity index is 594. The Hall–Kier alpha value is -1.11. The zero-order valence-corrected chi connectivity index (χ0v) is 13.8. The number of halogens is 2. The maximum atomic E-state index is 6.02. The second kappa shape index (κ2) is 6.11. The number of aromatic nitrogens is 2. The van der Waals surface area contributed by atoms with Gasteiger partial charge in [0.25, 0.3) is 0 Å². The number of benzene rings is 1. The molecule has 0 aliphatic carbocycles. The number of hydrogen-bond donors (Lipinski definition) is 2. The van der Waals surface area contributed by atoms with Crippen molar-refractivity contribution in [3.8, 4) is 0 Å². The quantitative estimate of drug-likeness (QED) is 0.860. The van der Waals surface area contributed by atoms with Crippen LogP contribution in [0.5, 0.6) is 0 Å². The molecule has 0 saturated carbocycles. The smallest absolute Gasteiger partial charge is 0.320 e. The molecule has 1 aromatic heterocycles. The van der Waals surface area contributed by atoms with Crippen LogP contribution in [-0.2, 0) is 6.54 Å². The Balaban J connectivity index is 2.00. The van der Waals surface area contributed by atoms with Gasteiger partial charge in [-0.05, 0) is 54.9 Å². The van der Waals surface area contributed by atoms with E-state index in [0.29, 0.717) is 23.5 Å². The summed E-state index contributed by atoms with van der Waals surface area (Å²) in [5.74, 6) is 0.533. The Kier molecular flexibility index (Phi) is 4.67. The van der Waals surface area contributed by atoms with Gasteiger partial charge in [-0.25, -0.2) is 0 Å². The molecule has 0 bridgehead atoms. The van der Waals surface area contributed by atoms with E-state index in [2.05, 4.69) is 57.5 Å². The largest absolute Gasteiger partial charge is 0.406 e. The first-order valence-corrected chi connectivity index (χ1v) is 7.30. The second-order valence-electron chi connectivity index (χ2n) is 5.36. The number of nitrogens with one attached hydrogen (secondary N) is 2. The molecule has 2 N–H and O–H groups in total. The highest BCUT2D eigenvalue weighted by Crippen LogP contribution is 2.27. The summed E-state index contributed by atoms with van der Waals surface area (Å²) >= 11 is 9.36. The summed E-state index contributed by atoms with van der Waals surface area (Å²) < 4.78 is 6.34. The van der Waals surface area contributed by atoms with E-state index >= 15 is 0 Å². The first kappa shape index (κ1) is 15.3. The highest BCUT2D eigenvalue weighted by atomic mass is 79.9. The number of anilines is 2. The van der Waals surface area contributed by atoms with Crippen molar-refractivity contribution in [2.45, 2.75) is 32.9 Å². The monoisotopic (exact) mass is 358 g/mol. The Labute approximate surface area is 131 Å². The molecular formula is C13H16BrClN4O. The van der Waals surface area contributed by atoms with Crippen LogP contribution in [-0.4, -0.2) is 15.7 Å². The van der Waals surface area contributed by atoms with Crippen LogP contribution in [0.4, 0.5) is 11.7 Å². The van der Waals surface area contributed by atoms with Crippen LogP contribution in [0.3, 0.4) is 0 Å². The standard InChI is InChI=1S/C13H16BrClN4O/c1-13(2,3)16-7-11-18-19-12(20-11)17-8-4-5-9(14)10(15)6-8/h4-6,16H,7H2,1-3H3,(H,17,19). The third kappa shape index (κ3) is 4.47. The summed E-state index contributed by atoms with van der Waals surface area (Å²) in [5.41, 5.74) is 0.790. The number of rotatable bonds is 4. The molecule has 0 saturated heterocycles. The summed E-state index contributed by atoms with van der Waals surface area (Å²) in [6, 6.07) is 5.84. The Morgan fingerprint density at radius 3 is 2.70 bits per heavy atom. The molecule has 2 rings (SSSR count). The van der Waals surface area contributed by atoms with E-state index in [0.717, 1.165) is 10.2 Å². The SMILES string of the molecule is CC(C)(C)NCc1nnc(Nc2ccc(Br)c(Cl)c2)o1. The molecule has 108 valence electrons. The maximum Gasteiger partial charge on any atom is 0.320 e. The van der Waals surface area contributed by atoms with Crippen LogP contribution in [0, 0.1) is 0 Å². The van der Waals surface area contributed by atoms with E-state index in [1.54, 1.807) is 6.07 Å². The molecule has 0 aliphatic heterocycles. The lowest BCUT2D eigenvalue weighted by Crippen LogP contribution is -2.35. The zero-order chi connectivity index (χ0) is 14.8. The molecule has 2 aromatic rings. The maximum absolute atomic E-state index is 6.02. The van der Waals surface area contributed by atoms with Crippen molar-refractivity contribution in [3.63, 3.8) is 0 Å². The molecule has 1 heterocycles. The lowest BCUT2D eigenvalue weighted by molar-refractivity contribution is 0.384. The summed E-state index contributed by atoms with van der Waals surface area (Å²) in [6.45, 7) is 6.75. The second-order valence-corrected chi connectivity index (χ2v) is 6.62. The minimum absolute atomic E-state index is 0.00128. The van der Waals surface area contributed by atoms with Gasteiger partial charge in [0.1, 0.15) is 0 Å². The predicted octanol–water partition coefficient (Wildman–Crippen LogP) is 4.12. The molecule has 1 aromatic carbocycles. The average Bonchev–Trinajstić information content (AvgIpc) is 2.78. The molecule has 0 radical (unpaired) electrons. The minimum atomic E-state index is 0.00128. The zero-order valence-electron chi connectivity index (χ0n) is 11.5. The van der Waals surface area contributed by atoms with Crippen molar-refractivity contribution in [1.29, 1.82) is 0 Å². The molecule has 0 atom stereocenters. The normalized spacial score (nSPS) is 11.7. The predicted molar refractivity (Wildman–Crippen MR) is 83.3 cm³/mol. The van der Waals surface area contributed by atoms with Crippen LogP contribution in [0.25, 0.3) is 0 Å². The van der Waals surface area contributed by atoms with Gasteiger partial charge in [-0.2, -0.15) is 0 Å². The molecule has 0 unspecified atom stereocenters. The van der Waals surface area contributed by atoms with Gasteiger partial charge in [0.05, 0.1) is 11.6 Å². The highest BCUT2D eigenvalue weighted by Gasteiger charge is 2.12. The topological polar surface area (TPSA) is 63.0 Å². The van der Waals surface area contributed by atoms with E-state index in [4.69, 9.17) is 16.0 Å². The van der Waals surface area contributed by atoms with Crippen LogP contribution in [0.2, 0.25) is 5.02 Å². The fraction of sp³-hybridized carbons (Fsp3) is 0.385. The van der Waals surface area contributed by atoms with E-state index in [9.17, 15) is 0 Å². The lowest BCUT2D eigenvalue weighted by atomic mass is 10.1. The summed E-state index contributed by atoms with van der Waals surface area (Å²) in [6.07, 6.45) is 0. The fourth-order valence-electron chi connectivity index (χ4n) is 1.41. The van der Waals surface area contributed by atoms with Gasteiger partial charge in [0, 0.05) is 15.7 Å². The van der Waals surface area contributed by atoms with Gasteiger partial charge >= 0.3 is 6.01 Å². The number of nitrogens with zero attached hydrogens (tertiary/aromatic N) is 2. The van der Waals surface area contributed by atoms with Crippen molar-refractivity contribution >= 4 is 39.2 Å². The van der Waals surface area contributed by atoms with E-state index in [1.165, 1.54) is 0 Å². The van der Waals surface area contributed by atoms with Crippen molar-refractivity contribution in [3.05, 3.63) is 33.6 Å². The third-order valence-corrected chi connectivity index (χ3v) is 3.64. The van der Waals surface area contributed by atoms with Crippen LogP contribution in [0.1, 0.15) is 26.7 Å². The third-order valence-electron chi connectivity index (χ3n) is 2.41. The fourth-order valence-corrected chi connectivity index (χ4v) is 1.84. The van der Waals surface area contributed by atoms with Crippen LogP contribution >= 0.6 is 27.5 Å². The van der Waals surface area contributed by atoms with Gasteiger partial charge in [-0.15, -0.1) is 5.10 Å². The Morgan fingerprint density at radius 1 is 1.30 bits per heavy atom. The molecule has 0 fully saturated rings. The molecule has 0 amide bonds. The van der Waals surface area contributed by atoms with Gasteiger partial charge in [-0.1, -0.05) is 16.7 Å². The van der Waals surface area contributed by atoms with Crippen molar-refractivity contribution in [2.75, 3.05) is 5.32 Å². The van der Waals surface area contributed by atoms with E-state index in [-0.39, 0.29) is 5.54 Å². The van der Waals surface area contributed by atoms with E-state index < -0.39 is 0 Å². The summed E-state index contributed by atoms with van der Waals surface area (Å²) in [5, 5.41) is 14.8. The highest BCUT2D eigenvalue weighted by molar-refractivity contribution is 9.10. The first-order chi connectivity index (χ1) is 9.33. The number of hydrogen-bond acceptors (Lipinski definition) is 5. The molecular weight excluding hydrogens is 344 g/mol. The van der Waals surface area contributed by atoms with Crippen molar-refractivity contribution < 1.29 is 4.42 Å². The first-order valence-electron chi connectivity index (χ1n) is 6.13. The molecule has 0 spiro atoms. The average molecular weight is 360 g/mol. The van der Waals surface area contributed by atoms with Crippen LogP contribution in [0.15, 0.2) is 27.1 Å². The van der Waals surface area contributed by atoms with Crippen molar-refractivity contribution in [1.82, 2.24) is 15.5 Å². The summed E-state index contributed by atoms with van der Waals surface area (Å²) in [4.78, 5) is 0. The Morgan fingerprint density at radius 2 is 2.05 bits per heavy atom. The molecule has 20 heavy (non-hydrogen) atoms. The van der Waals surface area contributed by atoms with Gasteiger partial charge in [0.2, 0.25) is 5.89 Å². The molecule has 0 aliphatic rings. The summed E-state index contributed by atoms with van der Waals surface area (Å²) in [7, 11) is 0. The molecule has 7 heteroatoms. The van der Waals surface area contributed by atoms with Gasteiger partial charge in [-0.3, -0.25) is 0 Å². The van der Waals surface area contributed by atoms with E-state index in [1.807, 2.05) is 12.1 Å². The van der Waals surface area contributed by atoms with Crippen molar-refractivity contribution in [2.24, 2.45) is 0 Å². The lowest BCUT2D eigenvalue weighted by Gasteiger charge is -2.18. The molecule has 5 nitrogen and oxygen atoms in total.